The standard InChI is InChI=1S/C12H15BO6/c1-7(2)10(14)17-13(18-11(15)8(3)4)19-12(16)9(5)6/h1,3,5H2,2,4,6H3. The van der Waals surface area contributed by atoms with Crippen molar-refractivity contribution in [1.29, 1.82) is 0 Å². The maximum atomic E-state index is 11.3. The van der Waals surface area contributed by atoms with Crippen molar-refractivity contribution >= 4 is 25.2 Å². The number of hydrogen-bond donors (Lipinski definition) is 0. The molecule has 0 aromatic carbocycles. The molecule has 0 aliphatic rings. The minimum absolute atomic E-state index is 0.0581. The molecule has 0 rings (SSSR count). The van der Waals surface area contributed by atoms with E-state index in [0.29, 0.717) is 0 Å². The molecule has 0 aromatic heterocycles. The SMILES string of the molecule is C=C(C)C(=O)OB(OC(=O)C(=C)C)OC(=O)C(=C)C. The summed E-state index contributed by atoms with van der Waals surface area (Å²) in [4.78, 5) is 33.9. The molecule has 0 aliphatic heterocycles. The molecule has 6 nitrogen and oxygen atoms in total. The van der Waals surface area contributed by atoms with E-state index in [4.69, 9.17) is 0 Å². The molecule has 102 valence electrons. The van der Waals surface area contributed by atoms with Crippen LogP contribution >= 0.6 is 0 Å². The molecule has 0 saturated carbocycles. The number of rotatable bonds is 6. The molecule has 0 bridgehead atoms. The van der Waals surface area contributed by atoms with Crippen LogP contribution in [0.4, 0.5) is 0 Å². The summed E-state index contributed by atoms with van der Waals surface area (Å²) in [6.07, 6.45) is 0. The average Bonchev–Trinajstić information content (AvgIpc) is 2.27. The first-order chi connectivity index (χ1) is 8.65. The van der Waals surface area contributed by atoms with Crippen LogP contribution in [0.1, 0.15) is 20.8 Å². The third kappa shape index (κ3) is 6.25. The van der Waals surface area contributed by atoms with Gasteiger partial charge < -0.3 is 14.0 Å². The van der Waals surface area contributed by atoms with Crippen LogP contribution in [-0.4, -0.2) is 25.2 Å². The molecule has 0 atom stereocenters. The molecule has 0 radical (unpaired) electrons. The third-order valence-corrected chi connectivity index (χ3v) is 1.66. The topological polar surface area (TPSA) is 78.9 Å². The third-order valence-electron chi connectivity index (χ3n) is 1.66. The van der Waals surface area contributed by atoms with Gasteiger partial charge in [-0.3, -0.25) is 0 Å². The predicted molar refractivity (Wildman–Crippen MR) is 68.5 cm³/mol. The van der Waals surface area contributed by atoms with E-state index >= 15 is 0 Å². The fourth-order valence-corrected chi connectivity index (χ4v) is 0.636. The monoisotopic (exact) mass is 266 g/mol. The van der Waals surface area contributed by atoms with Gasteiger partial charge in [0.05, 0.1) is 0 Å². The van der Waals surface area contributed by atoms with Crippen molar-refractivity contribution in [1.82, 2.24) is 0 Å². The average molecular weight is 266 g/mol. The van der Waals surface area contributed by atoms with Crippen LogP contribution in [0.15, 0.2) is 36.5 Å². The highest BCUT2D eigenvalue weighted by Gasteiger charge is 2.36. The van der Waals surface area contributed by atoms with Crippen LogP contribution in [0.3, 0.4) is 0 Å². The van der Waals surface area contributed by atoms with Crippen molar-refractivity contribution < 1.29 is 28.3 Å². The zero-order valence-corrected chi connectivity index (χ0v) is 11.1. The molecule has 0 saturated heterocycles. The van der Waals surface area contributed by atoms with Gasteiger partial charge in [-0.2, -0.15) is 0 Å². The summed E-state index contributed by atoms with van der Waals surface area (Å²) in [6.45, 7) is 14.2. The second-order valence-corrected chi connectivity index (χ2v) is 3.85. The molecule has 0 aliphatic carbocycles. The summed E-state index contributed by atoms with van der Waals surface area (Å²) < 4.78 is 13.9. The van der Waals surface area contributed by atoms with Gasteiger partial charge in [0, 0.05) is 16.7 Å². The molecule has 19 heavy (non-hydrogen) atoms. The number of hydrogen-bond acceptors (Lipinski definition) is 6. The lowest BCUT2D eigenvalue weighted by molar-refractivity contribution is -0.143. The molecular weight excluding hydrogens is 251 g/mol. The lowest BCUT2D eigenvalue weighted by Gasteiger charge is -2.13. The van der Waals surface area contributed by atoms with E-state index in [0.717, 1.165) is 0 Å². The Kier molecular flexibility index (Phi) is 6.33. The van der Waals surface area contributed by atoms with Gasteiger partial charge in [-0.25, -0.2) is 14.4 Å². The van der Waals surface area contributed by atoms with Gasteiger partial charge in [-0.15, -0.1) is 0 Å². The molecule has 0 N–H and O–H groups in total. The Morgan fingerprint density at radius 2 is 0.895 bits per heavy atom. The molecule has 0 unspecified atom stereocenters. The van der Waals surface area contributed by atoms with Crippen molar-refractivity contribution in [3.8, 4) is 0 Å². The van der Waals surface area contributed by atoms with Gasteiger partial charge in [-0.05, 0) is 20.8 Å². The summed E-state index contributed by atoms with van der Waals surface area (Å²) in [6, 6.07) is 0. The molecular formula is C12H15BO6. The Morgan fingerprint density at radius 3 is 1.05 bits per heavy atom. The van der Waals surface area contributed by atoms with Crippen molar-refractivity contribution in [3.63, 3.8) is 0 Å². The minimum Gasteiger partial charge on any atom is -0.458 e. The van der Waals surface area contributed by atoms with Crippen molar-refractivity contribution in [3.05, 3.63) is 36.5 Å². The molecule has 0 amide bonds. The van der Waals surface area contributed by atoms with E-state index in [1.807, 2.05) is 0 Å². The van der Waals surface area contributed by atoms with E-state index in [1.54, 1.807) is 0 Å². The lowest BCUT2D eigenvalue weighted by Crippen LogP contribution is -2.35. The Morgan fingerprint density at radius 1 is 0.684 bits per heavy atom. The molecule has 0 fully saturated rings. The maximum Gasteiger partial charge on any atom is 0.870 e. The maximum absolute atomic E-state index is 11.3. The summed E-state index contributed by atoms with van der Waals surface area (Å²) >= 11 is 0. The molecule has 7 heteroatoms. The van der Waals surface area contributed by atoms with Gasteiger partial charge in [0.25, 0.3) is 0 Å². The summed E-state index contributed by atoms with van der Waals surface area (Å²) in [7, 11) is -1.81. The quantitative estimate of drug-likeness (QED) is 0.533. The fourth-order valence-electron chi connectivity index (χ4n) is 0.636. The van der Waals surface area contributed by atoms with Gasteiger partial charge >= 0.3 is 25.2 Å². The van der Waals surface area contributed by atoms with Gasteiger partial charge in [0.15, 0.2) is 0 Å². The summed E-state index contributed by atoms with van der Waals surface area (Å²) in [5.41, 5.74) is 0.174. The zero-order valence-electron chi connectivity index (χ0n) is 11.1. The first-order valence-electron chi connectivity index (χ1n) is 5.24. The van der Waals surface area contributed by atoms with E-state index < -0.39 is 25.2 Å². The van der Waals surface area contributed by atoms with Crippen LogP contribution in [0, 0.1) is 0 Å². The summed E-state index contributed by atoms with van der Waals surface area (Å²) in [5, 5.41) is 0. The van der Waals surface area contributed by atoms with E-state index in [1.165, 1.54) is 20.8 Å². The zero-order chi connectivity index (χ0) is 15.2. The van der Waals surface area contributed by atoms with Crippen LogP contribution in [0.2, 0.25) is 0 Å². The van der Waals surface area contributed by atoms with Gasteiger partial charge in [0.1, 0.15) is 0 Å². The largest absolute Gasteiger partial charge is 0.870 e. The van der Waals surface area contributed by atoms with Crippen LogP contribution in [0.5, 0.6) is 0 Å². The highest BCUT2D eigenvalue weighted by molar-refractivity contribution is 6.45. The van der Waals surface area contributed by atoms with Crippen molar-refractivity contribution in [2.75, 3.05) is 0 Å². The van der Waals surface area contributed by atoms with Crippen LogP contribution in [0.25, 0.3) is 0 Å². The first-order valence-corrected chi connectivity index (χ1v) is 5.24. The normalized spacial score (nSPS) is 9.00. The Labute approximate surface area is 111 Å². The van der Waals surface area contributed by atoms with Crippen molar-refractivity contribution in [2.24, 2.45) is 0 Å². The predicted octanol–water partition coefficient (Wildman–Crippen LogP) is 1.33. The Hall–Kier alpha value is -2.31. The summed E-state index contributed by atoms with van der Waals surface area (Å²) in [5.74, 6) is -2.60. The second kappa shape index (κ2) is 7.20. The second-order valence-electron chi connectivity index (χ2n) is 3.85. The highest BCUT2D eigenvalue weighted by atomic mass is 16.8. The Balaban J connectivity index is 4.82. The fraction of sp³-hybridized carbons (Fsp3) is 0.250. The number of carbonyl (C=O) groups is 3. The van der Waals surface area contributed by atoms with Crippen LogP contribution in [-0.2, 0) is 28.3 Å². The Bertz CT molecular complexity index is 385. The van der Waals surface area contributed by atoms with Gasteiger partial charge in [-0.1, -0.05) is 19.7 Å². The molecule has 0 spiro atoms. The highest BCUT2D eigenvalue weighted by Crippen LogP contribution is 2.05. The van der Waals surface area contributed by atoms with E-state index in [-0.39, 0.29) is 16.7 Å². The lowest BCUT2D eigenvalue weighted by atomic mass is 10.2. The van der Waals surface area contributed by atoms with Crippen LogP contribution < -0.4 is 0 Å². The number of carbonyl (C=O) groups excluding carboxylic acids is 3. The van der Waals surface area contributed by atoms with Crippen molar-refractivity contribution in [2.45, 2.75) is 20.8 Å². The van der Waals surface area contributed by atoms with E-state index in [9.17, 15) is 14.4 Å². The minimum atomic E-state index is -1.81. The first kappa shape index (κ1) is 16.7. The van der Waals surface area contributed by atoms with Gasteiger partial charge in [0.2, 0.25) is 0 Å². The van der Waals surface area contributed by atoms with E-state index in [2.05, 4.69) is 33.7 Å². The smallest absolute Gasteiger partial charge is 0.458 e. The molecule has 0 heterocycles. The molecule has 0 aromatic rings.